The lowest BCUT2D eigenvalue weighted by Gasteiger charge is -2.10. The number of benzene rings is 3. The van der Waals surface area contributed by atoms with E-state index >= 15 is 0 Å². The van der Waals surface area contributed by atoms with E-state index in [1.54, 1.807) is 48.5 Å². The average Bonchev–Trinajstić information content (AvgIpc) is 2.64. The molecule has 0 spiro atoms. The fourth-order valence-corrected chi connectivity index (χ4v) is 3.30. The quantitative estimate of drug-likeness (QED) is 0.461. The number of hydrogen-bond donors (Lipinski definition) is 2. The molecule has 0 heterocycles. The number of carbonyl (C=O) groups excluding carboxylic acids is 1. The van der Waals surface area contributed by atoms with E-state index in [1.807, 2.05) is 0 Å². The second-order valence-electron chi connectivity index (χ2n) is 6.07. The molecule has 3 aromatic rings. The molecule has 29 heavy (non-hydrogen) atoms. The highest BCUT2D eigenvalue weighted by Crippen LogP contribution is 2.31. The second kappa shape index (κ2) is 9.18. The molecular weight excluding hydrogens is 437 g/mol. The molecule has 0 saturated carbocycles. The molecule has 0 aliphatic carbocycles. The van der Waals surface area contributed by atoms with Crippen molar-refractivity contribution in [3.63, 3.8) is 0 Å². The van der Waals surface area contributed by atoms with Crippen molar-refractivity contribution in [1.29, 1.82) is 0 Å². The maximum absolute atomic E-state index is 12.3. The van der Waals surface area contributed by atoms with Gasteiger partial charge in [-0.2, -0.15) is 0 Å². The first-order valence-corrected chi connectivity index (χ1v) is 9.49. The van der Waals surface area contributed by atoms with Crippen LogP contribution in [0.1, 0.15) is 15.9 Å². The second-order valence-corrected chi connectivity index (χ2v) is 7.35. The van der Waals surface area contributed by atoms with Crippen molar-refractivity contribution in [1.82, 2.24) is 0 Å². The molecule has 1 amide bonds. The van der Waals surface area contributed by atoms with Crippen molar-refractivity contribution in [3.05, 3.63) is 86.9 Å². The van der Waals surface area contributed by atoms with Gasteiger partial charge in [-0.25, -0.2) is 0 Å². The molecule has 0 unspecified atom stereocenters. The monoisotopic (exact) mass is 449 g/mol. The summed E-state index contributed by atoms with van der Waals surface area (Å²) in [7, 11) is 0. The highest BCUT2D eigenvalue weighted by Gasteiger charge is 2.10. The lowest BCUT2D eigenvalue weighted by atomic mass is 10.1. The summed E-state index contributed by atoms with van der Waals surface area (Å²) in [4.78, 5) is 23.1. The van der Waals surface area contributed by atoms with Crippen molar-refractivity contribution < 1.29 is 19.4 Å². The molecule has 5 nitrogen and oxygen atoms in total. The van der Waals surface area contributed by atoms with Gasteiger partial charge >= 0.3 is 5.97 Å². The third-order valence-electron chi connectivity index (χ3n) is 3.82. The number of halogens is 3. The maximum atomic E-state index is 12.3. The van der Waals surface area contributed by atoms with Crippen molar-refractivity contribution in [2.24, 2.45) is 0 Å². The van der Waals surface area contributed by atoms with E-state index in [-0.39, 0.29) is 12.3 Å². The van der Waals surface area contributed by atoms with Gasteiger partial charge in [0.05, 0.1) is 11.4 Å². The van der Waals surface area contributed by atoms with E-state index in [9.17, 15) is 9.59 Å². The molecule has 0 atom stereocenters. The van der Waals surface area contributed by atoms with E-state index in [0.29, 0.717) is 43.4 Å². The molecule has 0 saturated heterocycles. The number of nitrogens with one attached hydrogen (secondary N) is 1. The van der Waals surface area contributed by atoms with Crippen LogP contribution in [0.4, 0.5) is 5.69 Å². The minimum absolute atomic E-state index is 0.119. The van der Waals surface area contributed by atoms with Gasteiger partial charge in [0.1, 0.15) is 11.5 Å². The summed E-state index contributed by atoms with van der Waals surface area (Å²) < 4.78 is 5.72. The molecular formula is C21H14Cl3NO4. The summed E-state index contributed by atoms with van der Waals surface area (Å²) in [6.45, 7) is 0. The highest BCUT2D eigenvalue weighted by molar-refractivity contribution is 6.35. The lowest BCUT2D eigenvalue weighted by Crippen LogP contribution is -2.11. The Morgan fingerprint density at radius 1 is 0.897 bits per heavy atom. The third kappa shape index (κ3) is 5.87. The highest BCUT2D eigenvalue weighted by atomic mass is 35.5. The molecule has 8 heteroatoms. The zero-order valence-electron chi connectivity index (χ0n) is 14.8. The van der Waals surface area contributed by atoms with Gasteiger partial charge in [-0.05, 0) is 60.2 Å². The first-order chi connectivity index (χ1) is 13.8. The zero-order valence-corrected chi connectivity index (χ0v) is 17.1. The maximum Gasteiger partial charge on any atom is 0.307 e. The predicted molar refractivity (Wildman–Crippen MR) is 114 cm³/mol. The Kier molecular flexibility index (Phi) is 6.64. The summed E-state index contributed by atoms with van der Waals surface area (Å²) in [6.07, 6.45) is -0.119. The van der Waals surface area contributed by atoms with E-state index in [2.05, 4.69) is 5.32 Å². The van der Waals surface area contributed by atoms with Crippen LogP contribution in [0.15, 0.2) is 60.7 Å². The number of ether oxygens (including phenoxy) is 1. The first-order valence-electron chi connectivity index (χ1n) is 8.36. The summed E-state index contributed by atoms with van der Waals surface area (Å²) >= 11 is 18.0. The molecule has 0 aliphatic rings. The Balaban J connectivity index is 1.67. The van der Waals surface area contributed by atoms with Crippen LogP contribution < -0.4 is 10.1 Å². The van der Waals surface area contributed by atoms with Gasteiger partial charge in [-0.15, -0.1) is 0 Å². The summed E-state index contributed by atoms with van der Waals surface area (Å²) in [5.74, 6) is -0.389. The number of aliphatic carboxylic acids is 1. The molecule has 0 fully saturated rings. The summed E-state index contributed by atoms with van der Waals surface area (Å²) in [5.41, 5.74) is 1.48. The van der Waals surface area contributed by atoms with Gasteiger partial charge in [0, 0.05) is 21.3 Å². The fraction of sp³-hybridized carbons (Fsp3) is 0.0476. The summed E-state index contributed by atoms with van der Waals surface area (Å²) in [5, 5.41) is 12.6. The van der Waals surface area contributed by atoms with Crippen molar-refractivity contribution >= 4 is 52.4 Å². The average molecular weight is 451 g/mol. The molecule has 2 N–H and O–H groups in total. The van der Waals surface area contributed by atoms with Gasteiger partial charge in [0.25, 0.3) is 5.91 Å². The number of hydrogen-bond acceptors (Lipinski definition) is 3. The Labute approximate surface area is 181 Å². The first kappa shape index (κ1) is 21.0. The van der Waals surface area contributed by atoms with Crippen LogP contribution in [0.25, 0.3) is 0 Å². The van der Waals surface area contributed by atoms with Crippen LogP contribution in [0, 0.1) is 0 Å². The van der Waals surface area contributed by atoms with Gasteiger partial charge in [-0.1, -0.05) is 40.9 Å². The number of amides is 1. The minimum Gasteiger partial charge on any atom is -0.481 e. The largest absolute Gasteiger partial charge is 0.481 e. The molecule has 0 aliphatic heterocycles. The molecule has 0 bridgehead atoms. The van der Waals surface area contributed by atoms with Crippen LogP contribution in [0.5, 0.6) is 11.5 Å². The Bertz CT molecular complexity index is 1050. The van der Waals surface area contributed by atoms with Crippen molar-refractivity contribution in [2.75, 3.05) is 5.32 Å². The number of carbonyl (C=O) groups is 2. The molecule has 3 rings (SSSR count). The Morgan fingerprint density at radius 2 is 1.55 bits per heavy atom. The molecule has 0 aromatic heterocycles. The van der Waals surface area contributed by atoms with Crippen LogP contribution in [0.2, 0.25) is 15.1 Å². The smallest absolute Gasteiger partial charge is 0.307 e. The van der Waals surface area contributed by atoms with E-state index < -0.39 is 5.97 Å². The van der Waals surface area contributed by atoms with E-state index in [1.165, 1.54) is 12.1 Å². The zero-order chi connectivity index (χ0) is 21.0. The van der Waals surface area contributed by atoms with Gasteiger partial charge in [0.15, 0.2) is 0 Å². The molecule has 0 radical (unpaired) electrons. The SMILES string of the molecule is O=C(O)Cc1ccc(Oc2ccc(NC(=O)c3cc(Cl)cc(Cl)c3)cc2)c(Cl)c1. The fourth-order valence-electron chi connectivity index (χ4n) is 2.53. The standard InChI is InChI=1S/C21H14Cl3NO4/c22-14-9-13(10-15(23)11-14)21(28)25-16-2-4-17(5-3-16)29-19-6-1-12(7-18(19)24)8-20(26)27/h1-7,9-11H,8H2,(H,25,28)(H,26,27). The number of carboxylic acids is 1. The van der Waals surface area contributed by atoms with Crippen LogP contribution >= 0.6 is 34.8 Å². The lowest BCUT2D eigenvalue weighted by molar-refractivity contribution is -0.136. The minimum atomic E-state index is -0.938. The number of rotatable bonds is 6. The van der Waals surface area contributed by atoms with Crippen molar-refractivity contribution in [3.8, 4) is 11.5 Å². The van der Waals surface area contributed by atoms with Crippen LogP contribution in [0.3, 0.4) is 0 Å². The van der Waals surface area contributed by atoms with Crippen LogP contribution in [-0.2, 0) is 11.2 Å². The molecule has 3 aromatic carbocycles. The van der Waals surface area contributed by atoms with E-state index in [0.717, 1.165) is 0 Å². The normalized spacial score (nSPS) is 10.4. The predicted octanol–water partition coefficient (Wildman–Crippen LogP) is 6.32. The van der Waals surface area contributed by atoms with Gasteiger partial charge < -0.3 is 15.2 Å². The third-order valence-corrected chi connectivity index (χ3v) is 4.55. The summed E-state index contributed by atoms with van der Waals surface area (Å²) in [6, 6.07) is 16.1. The topological polar surface area (TPSA) is 75.6 Å². The Hall–Kier alpha value is -2.73. The van der Waals surface area contributed by atoms with Crippen molar-refractivity contribution in [2.45, 2.75) is 6.42 Å². The van der Waals surface area contributed by atoms with Crippen LogP contribution in [-0.4, -0.2) is 17.0 Å². The van der Waals surface area contributed by atoms with Gasteiger partial charge in [0.2, 0.25) is 0 Å². The number of carboxylic acid groups (broad SMARTS) is 1. The number of anilines is 1. The molecule has 148 valence electrons. The van der Waals surface area contributed by atoms with Gasteiger partial charge in [-0.3, -0.25) is 9.59 Å². The Morgan fingerprint density at radius 3 is 2.14 bits per heavy atom. The van der Waals surface area contributed by atoms with E-state index in [4.69, 9.17) is 44.6 Å².